The molecule has 0 spiro atoms. The van der Waals surface area contributed by atoms with Crippen molar-refractivity contribution in [3.8, 4) is 0 Å². The molecule has 1 N–H and O–H groups in total. The summed E-state index contributed by atoms with van der Waals surface area (Å²) in [6, 6.07) is 4.14. The predicted molar refractivity (Wildman–Crippen MR) is 71.4 cm³/mol. The van der Waals surface area contributed by atoms with Gasteiger partial charge in [0.2, 0.25) is 0 Å². The topological polar surface area (TPSA) is 45.2 Å². The fourth-order valence-electron chi connectivity index (χ4n) is 2.25. The number of nitrogens with one attached hydrogen (secondary N) is 1. The van der Waals surface area contributed by atoms with Crippen LogP contribution in [0.1, 0.15) is 31.2 Å². The first-order valence-corrected chi connectivity index (χ1v) is 6.78. The van der Waals surface area contributed by atoms with Crippen LogP contribution in [0.15, 0.2) is 24.5 Å². The highest BCUT2D eigenvalue weighted by Gasteiger charge is 2.15. The van der Waals surface area contributed by atoms with Crippen LogP contribution in [0.3, 0.4) is 0 Å². The van der Waals surface area contributed by atoms with Gasteiger partial charge in [0, 0.05) is 32.0 Å². The lowest BCUT2D eigenvalue weighted by Crippen LogP contribution is -2.43. The Morgan fingerprint density at radius 2 is 1.94 bits per heavy atom. The van der Waals surface area contributed by atoms with Gasteiger partial charge in [-0.3, -0.25) is 4.98 Å². The number of rotatable bonds is 4. The molecule has 1 aliphatic rings. The molecule has 98 valence electrons. The van der Waals surface area contributed by atoms with E-state index in [1.54, 1.807) is 0 Å². The third-order valence-corrected chi connectivity index (χ3v) is 3.31. The second-order valence-electron chi connectivity index (χ2n) is 4.74. The van der Waals surface area contributed by atoms with Gasteiger partial charge in [0.15, 0.2) is 0 Å². The van der Waals surface area contributed by atoms with Crippen LogP contribution >= 0.6 is 0 Å². The van der Waals surface area contributed by atoms with E-state index in [4.69, 9.17) is 0 Å². The number of carbonyl (C=O) groups excluding carboxylic acids is 1. The summed E-state index contributed by atoms with van der Waals surface area (Å²) < 4.78 is 0. The van der Waals surface area contributed by atoms with E-state index in [9.17, 15) is 4.79 Å². The average Bonchev–Trinajstić information content (AvgIpc) is 2.45. The quantitative estimate of drug-likeness (QED) is 0.829. The van der Waals surface area contributed by atoms with Crippen LogP contribution in [-0.4, -0.2) is 35.5 Å². The second kappa shape index (κ2) is 6.99. The lowest BCUT2D eigenvalue weighted by Gasteiger charge is -2.26. The number of carbonyl (C=O) groups is 1. The number of hydrogen-bond acceptors (Lipinski definition) is 2. The SMILES string of the molecule is O=C(NCCCc1ccncc1)N1CCCCC1. The Kier molecular flexibility index (Phi) is 5.00. The molecule has 18 heavy (non-hydrogen) atoms. The van der Waals surface area contributed by atoms with Crippen molar-refractivity contribution in [2.45, 2.75) is 32.1 Å². The van der Waals surface area contributed by atoms with Gasteiger partial charge in [0.05, 0.1) is 0 Å². The first kappa shape index (κ1) is 12.9. The number of nitrogens with zero attached hydrogens (tertiary/aromatic N) is 2. The van der Waals surface area contributed by atoms with Gasteiger partial charge < -0.3 is 10.2 Å². The maximum Gasteiger partial charge on any atom is 0.317 e. The van der Waals surface area contributed by atoms with Gasteiger partial charge >= 0.3 is 6.03 Å². The van der Waals surface area contributed by atoms with Gasteiger partial charge in [-0.2, -0.15) is 0 Å². The lowest BCUT2D eigenvalue weighted by molar-refractivity contribution is 0.186. The molecule has 2 rings (SSSR count). The van der Waals surface area contributed by atoms with Gasteiger partial charge in [-0.1, -0.05) is 0 Å². The molecule has 1 saturated heterocycles. The van der Waals surface area contributed by atoms with Crippen LogP contribution in [0, 0.1) is 0 Å². The molecule has 4 heteroatoms. The van der Waals surface area contributed by atoms with Crippen molar-refractivity contribution in [2.75, 3.05) is 19.6 Å². The van der Waals surface area contributed by atoms with Crippen molar-refractivity contribution in [1.29, 1.82) is 0 Å². The molecule has 0 aromatic carbocycles. The van der Waals surface area contributed by atoms with Crippen molar-refractivity contribution < 1.29 is 4.79 Å². The molecule has 2 amide bonds. The van der Waals surface area contributed by atoms with Gasteiger partial charge in [-0.25, -0.2) is 4.79 Å². The van der Waals surface area contributed by atoms with Crippen LogP contribution in [0.2, 0.25) is 0 Å². The van der Waals surface area contributed by atoms with Crippen molar-refractivity contribution in [3.05, 3.63) is 30.1 Å². The van der Waals surface area contributed by atoms with Gasteiger partial charge in [-0.15, -0.1) is 0 Å². The molecule has 1 aromatic rings. The van der Waals surface area contributed by atoms with Crippen molar-refractivity contribution in [2.24, 2.45) is 0 Å². The highest BCUT2D eigenvalue weighted by atomic mass is 16.2. The fraction of sp³-hybridized carbons (Fsp3) is 0.571. The number of urea groups is 1. The molecule has 4 nitrogen and oxygen atoms in total. The van der Waals surface area contributed by atoms with Crippen LogP contribution in [-0.2, 0) is 6.42 Å². The van der Waals surface area contributed by atoms with E-state index in [1.807, 2.05) is 29.4 Å². The molecular formula is C14H21N3O. The van der Waals surface area contributed by atoms with Crippen LogP contribution in [0.4, 0.5) is 4.79 Å². The average molecular weight is 247 g/mol. The monoisotopic (exact) mass is 247 g/mol. The highest BCUT2D eigenvalue weighted by Crippen LogP contribution is 2.08. The summed E-state index contributed by atoms with van der Waals surface area (Å²) in [7, 11) is 0. The van der Waals surface area contributed by atoms with E-state index in [0.29, 0.717) is 0 Å². The molecule has 0 saturated carbocycles. The number of piperidine rings is 1. The van der Waals surface area contributed by atoms with Gasteiger partial charge in [0.25, 0.3) is 0 Å². The first-order chi connectivity index (χ1) is 8.86. The second-order valence-corrected chi connectivity index (χ2v) is 4.74. The Hall–Kier alpha value is -1.58. The minimum atomic E-state index is 0.101. The van der Waals surface area contributed by atoms with Crippen molar-refractivity contribution in [1.82, 2.24) is 15.2 Å². The molecule has 1 aliphatic heterocycles. The Labute approximate surface area is 108 Å². The minimum Gasteiger partial charge on any atom is -0.338 e. The number of likely N-dealkylation sites (tertiary alicyclic amines) is 1. The summed E-state index contributed by atoms with van der Waals surface area (Å²) in [4.78, 5) is 17.7. The molecule has 0 radical (unpaired) electrons. The smallest absolute Gasteiger partial charge is 0.317 e. The summed E-state index contributed by atoms with van der Waals surface area (Å²) in [5.41, 5.74) is 1.28. The number of aromatic nitrogens is 1. The molecule has 0 bridgehead atoms. The third-order valence-electron chi connectivity index (χ3n) is 3.31. The lowest BCUT2D eigenvalue weighted by atomic mass is 10.1. The Morgan fingerprint density at radius 1 is 1.22 bits per heavy atom. The number of pyridine rings is 1. The maximum absolute atomic E-state index is 11.8. The van der Waals surface area contributed by atoms with E-state index >= 15 is 0 Å². The summed E-state index contributed by atoms with van der Waals surface area (Å²) in [6.07, 6.45) is 9.12. The maximum atomic E-state index is 11.8. The van der Waals surface area contributed by atoms with Crippen LogP contribution in [0.5, 0.6) is 0 Å². The Balaban J connectivity index is 1.61. The molecule has 1 fully saturated rings. The molecule has 0 aliphatic carbocycles. The summed E-state index contributed by atoms with van der Waals surface area (Å²) in [5.74, 6) is 0. The van der Waals surface area contributed by atoms with E-state index in [-0.39, 0.29) is 6.03 Å². The Bertz CT molecular complexity index is 361. The molecule has 2 heterocycles. The molecular weight excluding hydrogens is 226 g/mol. The zero-order valence-corrected chi connectivity index (χ0v) is 10.8. The van der Waals surface area contributed by atoms with Crippen molar-refractivity contribution in [3.63, 3.8) is 0 Å². The summed E-state index contributed by atoms with van der Waals surface area (Å²) in [6.45, 7) is 2.57. The number of aryl methyl sites for hydroxylation is 1. The fourth-order valence-corrected chi connectivity index (χ4v) is 2.25. The summed E-state index contributed by atoms with van der Waals surface area (Å²) in [5, 5.41) is 2.99. The summed E-state index contributed by atoms with van der Waals surface area (Å²) >= 11 is 0. The molecule has 1 aromatic heterocycles. The zero-order chi connectivity index (χ0) is 12.6. The van der Waals surface area contributed by atoms with E-state index in [0.717, 1.165) is 45.3 Å². The largest absolute Gasteiger partial charge is 0.338 e. The minimum absolute atomic E-state index is 0.101. The zero-order valence-electron chi connectivity index (χ0n) is 10.8. The van der Waals surface area contributed by atoms with Crippen molar-refractivity contribution >= 4 is 6.03 Å². The first-order valence-electron chi connectivity index (χ1n) is 6.78. The molecule has 0 unspecified atom stereocenters. The predicted octanol–water partition coefficient (Wildman–Crippen LogP) is 2.21. The van der Waals surface area contributed by atoms with Crippen LogP contribution < -0.4 is 5.32 Å². The standard InChI is InChI=1S/C14H21N3O/c18-14(17-11-2-1-3-12-17)16-8-4-5-13-6-9-15-10-7-13/h6-7,9-10H,1-5,8,11-12H2,(H,16,18). The van der Waals surface area contributed by atoms with Gasteiger partial charge in [-0.05, 0) is 49.8 Å². The van der Waals surface area contributed by atoms with E-state index in [2.05, 4.69) is 10.3 Å². The molecule has 0 atom stereocenters. The van der Waals surface area contributed by atoms with E-state index in [1.165, 1.54) is 12.0 Å². The number of hydrogen-bond donors (Lipinski definition) is 1. The third kappa shape index (κ3) is 4.02. The number of amides is 2. The Morgan fingerprint density at radius 3 is 2.67 bits per heavy atom. The normalized spacial score (nSPS) is 15.4. The van der Waals surface area contributed by atoms with E-state index < -0.39 is 0 Å². The van der Waals surface area contributed by atoms with Gasteiger partial charge in [0.1, 0.15) is 0 Å². The van der Waals surface area contributed by atoms with Crippen LogP contribution in [0.25, 0.3) is 0 Å². The highest BCUT2D eigenvalue weighted by molar-refractivity contribution is 5.74.